The van der Waals surface area contributed by atoms with Crippen LogP contribution in [0.4, 0.5) is 4.39 Å². The molecule has 0 saturated heterocycles. The van der Waals surface area contributed by atoms with Crippen LogP contribution in [0.1, 0.15) is 24.0 Å². The Labute approximate surface area is 102 Å². The quantitative estimate of drug-likeness (QED) is 0.833. The number of halogens is 2. The molecule has 1 aromatic carbocycles. The minimum Gasteiger partial charge on any atom is -0.495 e. The number of hydrogen-bond acceptors (Lipinski definition) is 2. The fourth-order valence-electron chi connectivity index (χ4n) is 1.90. The van der Waals surface area contributed by atoms with Crippen molar-refractivity contribution >= 4 is 15.9 Å². The SMILES string of the molecule is COc1c(Br)cc(C)c(F)c1C1(C#N)CC1. The zero-order valence-corrected chi connectivity index (χ0v) is 10.7. The first-order chi connectivity index (χ1) is 7.55. The topological polar surface area (TPSA) is 33.0 Å². The first-order valence-corrected chi connectivity index (χ1v) is 5.79. The highest BCUT2D eigenvalue weighted by Crippen LogP contribution is 2.53. The van der Waals surface area contributed by atoms with E-state index in [1.54, 1.807) is 13.0 Å². The molecule has 1 saturated carbocycles. The van der Waals surface area contributed by atoms with Crippen molar-refractivity contribution in [2.75, 3.05) is 7.11 Å². The predicted molar refractivity (Wildman–Crippen MR) is 61.9 cm³/mol. The molecule has 0 atom stereocenters. The van der Waals surface area contributed by atoms with Crippen molar-refractivity contribution in [2.45, 2.75) is 25.2 Å². The van der Waals surface area contributed by atoms with Gasteiger partial charge in [0.2, 0.25) is 0 Å². The Hall–Kier alpha value is -1.08. The molecule has 0 bridgehead atoms. The Morgan fingerprint density at radius 1 is 1.56 bits per heavy atom. The summed E-state index contributed by atoms with van der Waals surface area (Å²) in [4.78, 5) is 0. The third kappa shape index (κ3) is 1.51. The molecule has 1 fully saturated rings. The van der Waals surface area contributed by atoms with E-state index in [0.29, 0.717) is 34.2 Å². The van der Waals surface area contributed by atoms with Crippen molar-refractivity contribution in [3.8, 4) is 11.8 Å². The van der Waals surface area contributed by atoms with E-state index in [-0.39, 0.29) is 5.82 Å². The standard InChI is InChI=1S/C12H11BrFNO/c1-7-5-8(13)11(16-2)9(10(7)14)12(6-15)3-4-12/h5H,3-4H2,1-2H3. The van der Waals surface area contributed by atoms with Crippen LogP contribution in [0.5, 0.6) is 5.75 Å². The number of nitriles is 1. The Balaban J connectivity index is 2.72. The van der Waals surface area contributed by atoms with Crippen LogP contribution in [0.15, 0.2) is 10.5 Å². The Morgan fingerprint density at radius 2 is 2.19 bits per heavy atom. The van der Waals surface area contributed by atoms with Crippen LogP contribution in [0.3, 0.4) is 0 Å². The average Bonchev–Trinajstić information content (AvgIpc) is 3.03. The highest BCUT2D eigenvalue weighted by atomic mass is 79.9. The van der Waals surface area contributed by atoms with Gasteiger partial charge in [0.15, 0.2) is 0 Å². The predicted octanol–water partition coefficient (Wildman–Crippen LogP) is 3.46. The summed E-state index contributed by atoms with van der Waals surface area (Å²) in [6.07, 6.45) is 1.40. The van der Waals surface area contributed by atoms with Crippen LogP contribution in [0, 0.1) is 24.1 Å². The zero-order chi connectivity index (χ0) is 11.9. The van der Waals surface area contributed by atoms with Crippen LogP contribution in [-0.2, 0) is 5.41 Å². The molecule has 1 aliphatic carbocycles. The smallest absolute Gasteiger partial charge is 0.140 e. The molecule has 84 valence electrons. The Morgan fingerprint density at radius 3 is 2.62 bits per heavy atom. The second kappa shape index (κ2) is 3.74. The summed E-state index contributed by atoms with van der Waals surface area (Å²) in [6, 6.07) is 3.87. The van der Waals surface area contributed by atoms with E-state index in [0.717, 1.165) is 0 Å². The number of benzene rings is 1. The van der Waals surface area contributed by atoms with Gasteiger partial charge in [-0.2, -0.15) is 5.26 Å². The second-order valence-electron chi connectivity index (χ2n) is 4.09. The van der Waals surface area contributed by atoms with E-state index in [1.807, 2.05) is 0 Å². The normalized spacial score (nSPS) is 16.7. The summed E-state index contributed by atoms with van der Waals surface area (Å²) >= 11 is 3.34. The number of aryl methyl sites for hydroxylation is 1. The van der Waals surface area contributed by atoms with E-state index in [1.165, 1.54) is 7.11 Å². The van der Waals surface area contributed by atoms with Crippen LogP contribution < -0.4 is 4.74 Å². The van der Waals surface area contributed by atoms with Gasteiger partial charge in [0.05, 0.1) is 28.6 Å². The van der Waals surface area contributed by atoms with E-state index in [2.05, 4.69) is 22.0 Å². The summed E-state index contributed by atoms with van der Waals surface area (Å²) in [5.74, 6) is 0.126. The van der Waals surface area contributed by atoms with Crippen molar-refractivity contribution < 1.29 is 9.13 Å². The van der Waals surface area contributed by atoms with Crippen molar-refractivity contribution in [3.05, 3.63) is 27.5 Å². The summed E-state index contributed by atoms with van der Waals surface area (Å²) in [7, 11) is 1.49. The largest absolute Gasteiger partial charge is 0.495 e. The molecule has 0 aliphatic heterocycles. The minimum atomic E-state index is -0.677. The molecule has 0 unspecified atom stereocenters. The van der Waals surface area contributed by atoms with Crippen LogP contribution >= 0.6 is 15.9 Å². The average molecular weight is 284 g/mol. The summed E-state index contributed by atoms with van der Waals surface area (Å²) in [5, 5.41) is 9.15. The molecule has 2 rings (SSSR count). The highest BCUT2D eigenvalue weighted by molar-refractivity contribution is 9.10. The van der Waals surface area contributed by atoms with Crippen LogP contribution in [-0.4, -0.2) is 7.11 Å². The molecular weight excluding hydrogens is 273 g/mol. The lowest BCUT2D eigenvalue weighted by Gasteiger charge is -2.16. The fraction of sp³-hybridized carbons (Fsp3) is 0.417. The molecule has 1 aliphatic rings. The number of methoxy groups -OCH3 is 1. The Kier molecular flexibility index (Phi) is 2.67. The maximum Gasteiger partial charge on any atom is 0.140 e. The molecule has 0 spiro atoms. The maximum absolute atomic E-state index is 14.1. The van der Waals surface area contributed by atoms with Gasteiger partial charge in [-0.15, -0.1) is 0 Å². The third-order valence-electron chi connectivity index (χ3n) is 3.00. The molecule has 0 heterocycles. The van der Waals surface area contributed by atoms with E-state index < -0.39 is 5.41 Å². The van der Waals surface area contributed by atoms with Gasteiger partial charge in [-0.05, 0) is 47.3 Å². The molecule has 0 amide bonds. The summed E-state index contributed by atoms with van der Waals surface area (Å²) in [5.41, 5.74) is 0.262. The van der Waals surface area contributed by atoms with Gasteiger partial charge in [-0.1, -0.05) is 0 Å². The van der Waals surface area contributed by atoms with Crippen LogP contribution in [0.25, 0.3) is 0 Å². The van der Waals surface area contributed by atoms with Gasteiger partial charge < -0.3 is 4.74 Å². The monoisotopic (exact) mass is 283 g/mol. The zero-order valence-electron chi connectivity index (χ0n) is 9.10. The molecule has 4 heteroatoms. The van der Waals surface area contributed by atoms with Crippen LogP contribution in [0.2, 0.25) is 0 Å². The number of nitrogens with zero attached hydrogens (tertiary/aromatic N) is 1. The van der Waals surface area contributed by atoms with Crippen molar-refractivity contribution in [2.24, 2.45) is 0 Å². The molecule has 2 nitrogen and oxygen atoms in total. The van der Waals surface area contributed by atoms with Gasteiger partial charge in [-0.25, -0.2) is 4.39 Å². The summed E-state index contributed by atoms with van der Waals surface area (Å²) < 4.78 is 20.0. The third-order valence-corrected chi connectivity index (χ3v) is 3.59. The minimum absolute atomic E-state index is 0.320. The van der Waals surface area contributed by atoms with E-state index >= 15 is 0 Å². The van der Waals surface area contributed by atoms with Crippen molar-refractivity contribution in [3.63, 3.8) is 0 Å². The van der Waals surface area contributed by atoms with E-state index in [4.69, 9.17) is 10.00 Å². The molecule has 1 aromatic rings. The molecule has 0 aromatic heterocycles. The number of rotatable bonds is 2. The highest BCUT2D eigenvalue weighted by Gasteiger charge is 2.49. The maximum atomic E-state index is 14.1. The lowest BCUT2D eigenvalue weighted by atomic mass is 9.94. The fourth-order valence-corrected chi connectivity index (χ4v) is 2.61. The molecule has 16 heavy (non-hydrogen) atoms. The second-order valence-corrected chi connectivity index (χ2v) is 4.95. The van der Waals surface area contributed by atoms with Gasteiger partial charge in [0.1, 0.15) is 11.6 Å². The Bertz CT molecular complexity index is 489. The molecular formula is C12H11BrFNO. The van der Waals surface area contributed by atoms with E-state index in [9.17, 15) is 4.39 Å². The molecule has 0 radical (unpaired) electrons. The number of hydrogen-bond donors (Lipinski definition) is 0. The van der Waals surface area contributed by atoms with Crippen molar-refractivity contribution in [1.82, 2.24) is 0 Å². The van der Waals surface area contributed by atoms with Gasteiger partial charge >= 0.3 is 0 Å². The number of ether oxygens (including phenoxy) is 1. The first kappa shape index (κ1) is 11.4. The molecule has 0 N–H and O–H groups in total. The first-order valence-electron chi connectivity index (χ1n) is 5.00. The van der Waals surface area contributed by atoms with Gasteiger partial charge in [0, 0.05) is 0 Å². The van der Waals surface area contributed by atoms with Gasteiger partial charge in [-0.3, -0.25) is 0 Å². The van der Waals surface area contributed by atoms with Gasteiger partial charge in [0.25, 0.3) is 0 Å². The lowest BCUT2D eigenvalue weighted by molar-refractivity contribution is 0.398. The van der Waals surface area contributed by atoms with Crippen molar-refractivity contribution in [1.29, 1.82) is 5.26 Å². The summed E-state index contributed by atoms with van der Waals surface area (Å²) in [6.45, 7) is 1.69. The lowest BCUT2D eigenvalue weighted by Crippen LogP contribution is -2.10.